The second-order valence-electron chi connectivity index (χ2n) is 4.49. The van der Waals surface area contributed by atoms with Crippen LogP contribution in [0.2, 0.25) is 0 Å². The molecule has 0 aromatic heterocycles. The van der Waals surface area contributed by atoms with Crippen molar-refractivity contribution in [2.24, 2.45) is 0 Å². The van der Waals surface area contributed by atoms with Crippen molar-refractivity contribution >= 4 is 15.9 Å². The molecule has 0 aliphatic carbocycles. The van der Waals surface area contributed by atoms with E-state index in [1.165, 1.54) is 5.56 Å². The van der Waals surface area contributed by atoms with E-state index in [4.69, 9.17) is 4.74 Å². The van der Waals surface area contributed by atoms with Crippen molar-refractivity contribution in [3.63, 3.8) is 0 Å². The zero-order valence-electron chi connectivity index (χ0n) is 11.2. The number of halogens is 1. The standard InChI is InChI=1S/C14H22BrNO2/c1-4-7-16-9-12-8-13(5-6-14(12)15)18-11(3)10(2)17/h5-6,8,10-11,16-17H,4,7,9H2,1-3H3. The van der Waals surface area contributed by atoms with Gasteiger partial charge in [0, 0.05) is 11.0 Å². The van der Waals surface area contributed by atoms with Crippen LogP contribution in [0.15, 0.2) is 22.7 Å². The third-order valence-corrected chi connectivity index (χ3v) is 3.53. The Balaban J connectivity index is 2.67. The van der Waals surface area contributed by atoms with Crippen LogP contribution >= 0.6 is 15.9 Å². The minimum absolute atomic E-state index is 0.206. The summed E-state index contributed by atoms with van der Waals surface area (Å²) in [5, 5.41) is 12.8. The van der Waals surface area contributed by atoms with Gasteiger partial charge in [-0.1, -0.05) is 22.9 Å². The van der Waals surface area contributed by atoms with Crippen LogP contribution in [0.3, 0.4) is 0 Å². The summed E-state index contributed by atoms with van der Waals surface area (Å²) in [4.78, 5) is 0. The van der Waals surface area contributed by atoms with Crippen LogP contribution in [0.25, 0.3) is 0 Å². The Kier molecular flexibility index (Phi) is 6.68. The zero-order valence-corrected chi connectivity index (χ0v) is 12.8. The molecule has 0 aliphatic rings. The van der Waals surface area contributed by atoms with E-state index in [1.807, 2.05) is 25.1 Å². The highest BCUT2D eigenvalue weighted by Crippen LogP contribution is 2.23. The van der Waals surface area contributed by atoms with E-state index in [2.05, 4.69) is 28.2 Å². The number of ether oxygens (including phenoxy) is 1. The van der Waals surface area contributed by atoms with Crippen LogP contribution in [0, 0.1) is 0 Å². The number of nitrogens with one attached hydrogen (secondary N) is 1. The Morgan fingerprint density at radius 2 is 2.11 bits per heavy atom. The summed E-state index contributed by atoms with van der Waals surface area (Å²) >= 11 is 3.53. The molecule has 1 aromatic carbocycles. The first-order chi connectivity index (χ1) is 8.54. The lowest BCUT2D eigenvalue weighted by Crippen LogP contribution is -2.25. The van der Waals surface area contributed by atoms with Crippen LogP contribution in [0.1, 0.15) is 32.8 Å². The highest BCUT2D eigenvalue weighted by atomic mass is 79.9. The first kappa shape index (κ1) is 15.5. The number of benzene rings is 1. The third kappa shape index (κ3) is 4.96. The molecule has 2 unspecified atom stereocenters. The van der Waals surface area contributed by atoms with Crippen molar-refractivity contribution in [1.82, 2.24) is 5.32 Å². The Morgan fingerprint density at radius 1 is 1.39 bits per heavy atom. The molecule has 0 bridgehead atoms. The molecule has 0 saturated heterocycles. The molecule has 102 valence electrons. The van der Waals surface area contributed by atoms with Crippen molar-refractivity contribution in [2.45, 2.75) is 45.9 Å². The number of hydrogen-bond acceptors (Lipinski definition) is 3. The third-order valence-electron chi connectivity index (χ3n) is 2.76. The smallest absolute Gasteiger partial charge is 0.121 e. The summed E-state index contributed by atoms with van der Waals surface area (Å²) in [6.07, 6.45) is 0.435. The van der Waals surface area contributed by atoms with Crippen molar-refractivity contribution in [2.75, 3.05) is 6.54 Å². The van der Waals surface area contributed by atoms with E-state index in [1.54, 1.807) is 6.92 Å². The normalized spacial score (nSPS) is 14.3. The van der Waals surface area contributed by atoms with Gasteiger partial charge in [0.05, 0.1) is 6.10 Å². The van der Waals surface area contributed by atoms with Crippen molar-refractivity contribution in [3.05, 3.63) is 28.2 Å². The van der Waals surface area contributed by atoms with Gasteiger partial charge >= 0.3 is 0 Å². The van der Waals surface area contributed by atoms with Gasteiger partial charge in [-0.2, -0.15) is 0 Å². The van der Waals surface area contributed by atoms with Gasteiger partial charge in [0.15, 0.2) is 0 Å². The Bertz CT molecular complexity index is 369. The Morgan fingerprint density at radius 3 is 2.72 bits per heavy atom. The van der Waals surface area contributed by atoms with E-state index >= 15 is 0 Å². The minimum atomic E-state index is -0.477. The molecule has 0 saturated carbocycles. The maximum absolute atomic E-state index is 9.43. The molecule has 0 fully saturated rings. The van der Waals surface area contributed by atoms with E-state index in [0.29, 0.717) is 0 Å². The van der Waals surface area contributed by atoms with E-state index in [-0.39, 0.29) is 6.10 Å². The van der Waals surface area contributed by atoms with Gasteiger partial charge in [0.1, 0.15) is 11.9 Å². The summed E-state index contributed by atoms with van der Waals surface area (Å²) in [5.74, 6) is 0.792. The van der Waals surface area contributed by atoms with Crippen LogP contribution in [-0.2, 0) is 6.54 Å². The second kappa shape index (κ2) is 7.77. The lowest BCUT2D eigenvalue weighted by Gasteiger charge is -2.18. The molecule has 0 amide bonds. The monoisotopic (exact) mass is 315 g/mol. The highest BCUT2D eigenvalue weighted by molar-refractivity contribution is 9.10. The molecule has 18 heavy (non-hydrogen) atoms. The molecule has 1 rings (SSSR count). The van der Waals surface area contributed by atoms with Crippen LogP contribution in [-0.4, -0.2) is 23.9 Å². The van der Waals surface area contributed by atoms with Crippen LogP contribution in [0.4, 0.5) is 0 Å². The summed E-state index contributed by atoms with van der Waals surface area (Å²) in [6.45, 7) is 7.55. The number of aliphatic hydroxyl groups is 1. The van der Waals surface area contributed by atoms with E-state index in [0.717, 1.165) is 29.7 Å². The fourth-order valence-corrected chi connectivity index (χ4v) is 1.86. The summed E-state index contributed by atoms with van der Waals surface area (Å²) in [6, 6.07) is 5.89. The zero-order chi connectivity index (χ0) is 13.5. The molecule has 4 heteroatoms. The van der Waals surface area contributed by atoms with E-state index < -0.39 is 6.10 Å². The largest absolute Gasteiger partial charge is 0.488 e. The van der Waals surface area contributed by atoms with Gasteiger partial charge in [0.2, 0.25) is 0 Å². The molecule has 2 N–H and O–H groups in total. The van der Waals surface area contributed by atoms with Crippen molar-refractivity contribution in [1.29, 1.82) is 0 Å². The first-order valence-electron chi connectivity index (χ1n) is 6.38. The molecule has 0 heterocycles. The Hall–Kier alpha value is -0.580. The molecule has 3 nitrogen and oxygen atoms in total. The van der Waals surface area contributed by atoms with Gasteiger partial charge in [0.25, 0.3) is 0 Å². The molecule has 0 spiro atoms. The molecular formula is C14H22BrNO2. The van der Waals surface area contributed by atoms with Crippen molar-refractivity contribution < 1.29 is 9.84 Å². The van der Waals surface area contributed by atoms with Gasteiger partial charge in [-0.3, -0.25) is 0 Å². The van der Waals surface area contributed by atoms with Crippen LogP contribution in [0.5, 0.6) is 5.75 Å². The second-order valence-corrected chi connectivity index (χ2v) is 5.35. The lowest BCUT2D eigenvalue weighted by atomic mass is 10.2. The number of rotatable bonds is 7. The maximum atomic E-state index is 9.43. The van der Waals surface area contributed by atoms with Gasteiger partial charge in [-0.25, -0.2) is 0 Å². The number of aliphatic hydroxyl groups excluding tert-OH is 1. The molecule has 2 atom stereocenters. The predicted octanol–water partition coefficient (Wildman–Crippen LogP) is 3.10. The fraction of sp³-hybridized carbons (Fsp3) is 0.571. The highest BCUT2D eigenvalue weighted by Gasteiger charge is 2.11. The topological polar surface area (TPSA) is 41.5 Å². The van der Waals surface area contributed by atoms with Gasteiger partial charge < -0.3 is 15.2 Å². The summed E-state index contributed by atoms with van der Waals surface area (Å²) < 4.78 is 6.75. The fourth-order valence-electron chi connectivity index (χ4n) is 1.47. The molecule has 0 radical (unpaired) electrons. The number of hydrogen-bond donors (Lipinski definition) is 2. The van der Waals surface area contributed by atoms with Gasteiger partial charge in [-0.05, 0) is 50.6 Å². The van der Waals surface area contributed by atoms with Gasteiger partial charge in [-0.15, -0.1) is 0 Å². The predicted molar refractivity (Wildman–Crippen MR) is 77.9 cm³/mol. The summed E-state index contributed by atoms with van der Waals surface area (Å²) in [7, 11) is 0. The van der Waals surface area contributed by atoms with Crippen LogP contribution < -0.4 is 10.1 Å². The van der Waals surface area contributed by atoms with E-state index in [9.17, 15) is 5.11 Å². The molecule has 1 aromatic rings. The average Bonchev–Trinajstić information content (AvgIpc) is 2.33. The minimum Gasteiger partial charge on any atom is -0.488 e. The quantitative estimate of drug-likeness (QED) is 0.760. The Labute approximate surface area is 118 Å². The maximum Gasteiger partial charge on any atom is 0.121 e. The molecule has 0 aliphatic heterocycles. The average molecular weight is 316 g/mol. The molecular weight excluding hydrogens is 294 g/mol. The van der Waals surface area contributed by atoms with Crippen molar-refractivity contribution in [3.8, 4) is 5.75 Å². The summed E-state index contributed by atoms with van der Waals surface area (Å²) in [5.41, 5.74) is 1.17. The lowest BCUT2D eigenvalue weighted by molar-refractivity contribution is 0.0604. The SMILES string of the molecule is CCCNCc1cc(OC(C)C(C)O)ccc1Br. The first-order valence-corrected chi connectivity index (χ1v) is 7.17.